The molecule has 154 valence electrons. The molecule has 0 radical (unpaired) electrons. The smallest absolute Gasteiger partial charge is 0.358 e. The Morgan fingerprint density at radius 2 is 1.97 bits per heavy atom. The predicted octanol–water partition coefficient (Wildman–Crippen LogP) is 4.22. The molecule has 0 spiro atoms. The molecule has 0 aliphatic heterocycles. The summed E-state index contributed by atoms with van der Waals surface area (Å²) in [5.74, 6) is -1.31. The first-order valence-electron chi connectivity index (χ1n) is 8.56. The Labute approximate surface area is 183 Å². The minimum absolute atomic E-state index is 0.0971. The number of nitrogens with one attached hydrogen (secondary N) is 2. The van der Waals surface area contributed by atoms with E-state index >= 15 is 0 Å². The van der Waals surface area contributed by atoms with Crippen LogP contribution < -0.4 is 10.6 Å². The minimum Gasteiger partial charge on any atom is -0.451 e. The summed E-state index contributed by atoms with van der Waals surface area (Å²) < 4.78 is 5.32. The second-order valence-corrected chi connectivity index (χ2v) is 7.64. The van der Waals surface area contributed by atoms with Crippen LogP contribution in [0.2, 0.25) is 0 Å². The lowest BCUT2D eigenvalue weighted by Crippen LogP contribution is -2.21. The zero-order valence-corrected chi connectivity index (χ0v) is 17.7. The Morgan fingerprint density at radius 1 is 1.20 bits per heavy atom. The summed E-state index contributed by atoms with van der Waals surface area (Å²) in [6.45, 7) is 0.0436. The molecule has 0 aliphatic carbocycles. The molecule has 3 aromatic rings. The number of nitro benzene ring substituents is 1. The number of esters is 1. The molecule has 0 unspecified atom stereocenters. The van der Waals surface area contributed by atoms with E-state index in [1.54, 1.807) is 5.38 Å². The number of amides is 1. The van der Waals surface area contributed by atoms with Gasteiger partial charge >= 0.3 is 5.97 Å². The van der Waals surface area contributed by atoms with Gasteiger partial charge in [-0.05, 0) is 27.6 Å². The highest BCUT2D eigenvalue weighted by Gasteiger charge is 2.16. The van der Waals surface area contributed by atoms with Crippen molar-refractivity contribution < 1.29 is 19.2 Å². The Hall–Kier alpha value is -3.31. The molecule has 11 heteroatoms. The summed E-state index contributed by atoms with van der Waals surface area (Å²) in [4.78, 5) is 38.5. The quantitative estimate of drug-likeness (QED) is 0.275. The van der Waals surface area contributed by atoms with Gasteiger partial charge in [0.15, 0.2) is 17.4 Å². The maximum Gasteiger partial charge on any atom is 0.358 e. The predicted molar refractivity (Wildman–Crippen MR) is 116 cm³/mol. The minimum atomic E-state index is -0.725. The Morgan fingerprint density at radius 3 is 2.67 bits per heavy atom. The van der Waals surface area contributed by atoms with Gasteiger partial charge in [0.25, 0.3) is 11.6 Å². The molecule has 2 aromatic carbocycles. The third-order valence-electron chi connectivity index (χ3n) is 3.77. The van der Waals surface area contributed by atoms with Crippen molar-refractivity contribution in [1.82, 2.24) is 4.98 Å². The highest BCUT2D eigenvalue weighted by molar-refractivity contribution is 9.10. The molecular formula is C19H15BrN4O5S. The second-order valence-electron chi connectivity index (χ2n) is 5.92. The molecule has 0 bridgehead atoms. The normalized spacial score (nSPS) is 10.3. The first-order chi connectivity index (χ1) is 14.4. The number of aromatic nitrogens is 1. The zero-order valence-electron chi connectivity index (χ0n) is 15.3. The van der Waals surface area contributed by atoms with E-state index in [1.165, 1.54) is 29.5 Å². The van der Waals surface area contributed by atoms with Gasteiger partial charge in [0.2, 0.25) is 0 Å². The number of rotatable bonds is 8. The van der Waals surface area contributed by atoms with Crippen molar-refractivity contribution in [3.8, 4) is 0 Å². The first-order valence-corrected chi connectivity index (χ1v) is 10.2. The maximum atomic E-state index is 12.1. The van der Waals surface area contributed by atoms with E-state index in [0.29, 0.717) is 21.8 Å². The average molecular weight is 491 g/mol. The van der Waals surface area contributed by atoms with Crippen LogP contribution in [0.1, 0.15) is 16.1 Å². The number of anilines is 2. The van der Waals surface area contributed by atoms with E-state index in [1.807, 2.05) is 30.3 Å². The number of hydrogen-bond acceptors (Lipinski definition) is 8. The number of nitro groups is 1. The molecule has 3 rings (SSSR count). The topological polar surface area (TPSA) is 123 Å². The van der Waals surface area contributed by atoms with Crippen LogP contribution in [-0.4, -0.2) is 28.4 Å². The summed E-state index contributed by atoms with van der Waals surface area (Å²) in [6.07, 6.45) is 0. The van der Waals surface area contributed by atoms with Crippen LogP contribution in [0.15, 0.2) is 58.4 Å². The summed E-state index contributed by atoms with van der Waals surface area (Å²) in [5.41, 5.74) is 1.37. The molecule has 1 amide bonds. The molecule has 30 heavy (non-hydrogen) atoms. The van der Waals surface area contributed by atoms with Gasteiger partial charge in [0, 0.05) is 28.5 Å². The van der Waals surface area contributed by atoms with Gasteiger partial charge in [-0.15, -0.1) is 11.3 Å². The van der Waals surface area contributed by atoms with Gasteiger partial charge in [-0.25, -0.2) is 9.78 Å². The van der Waals surface area contributed by atoms with Crippen molar-refractivity contribution >= 4 is 55.6 Å². The highest BCUT2D eigenvalue weighted by Crippen LogP contribution is 2.27. The number of halogens is 1. The van der Waals surface area contributed by atoms with Crippen molar-refractivity contribution in [2.45, 2.75) is 6.54 Å². The molecule has 0 saturated heterocycles. The molecular weight excluding hydrogens is 476 g/mol. The number of non-ortho nitro benzene ring substituents is 1. The van der Waals surface area contributed by atoms with Crippen LogP contribution in [0.3, 0.4) is 0 Å². The van der Waals surface area contributed by atoms with Gasteiger partial charge in [-0.1, -0.05) is 30.3 Å². The molecule has 2 N–H and O–H groups in total. The number of hydrogen-bond donors (Lipinski definition) is 2. The molecule has 9 nitrogen and oxygen atoms in total. The molecule has 0 aliphatic rings. The standard InChI is InChI=1S/C19H15BrN4O5S/c20-14-8-13(24(27)28)6-7-15(14)22-17(25)10-29-18(26)16-11-30-19(23-16)21-9-12-4-2-1-3-5-12/h1-8,11H,9-10H2,(H,21,23)(H,22,25). The highest BCUT2D eigenvalue weighted by atomic mass is 79.9. The van der Waals surface area contributed by atoms with Crippen LogP contribution >= 0.6 is 27.3 Å². The lowest BCUT2D eigenvalue weighted by molar-refractivity contribution is -0.384. The third-order valence-corrected chi connectivity index (χ3v) is 5.23. The molecule has 0 fully saturated rings. The van der Waals surface area contributed by atoms with Gasteiger partial charge < -0.3 is 15.4 Å². The van der Waals surface area contributed by atoms with E-state index in [0.717, 1.165) is 5.56 Å². The molecule has 1 aromatic heterocycles. The summed E-state index contributed by atoms with van der Waals surface area (Å²) >= 11 is 4.41. The summed E-state index contributed by atoms with van der Waals surface area (Å²) in [7, 11) is 0. The van der Waals surface area contributed by atoms with Crippen molar-refractivity contribution in [3.63, 3.8) is 0 Å². The van der Waals surface area contributed by atoms with Gasteiger partial charge in [0.05, 0.1) is 10.6 Å². The Balaban J connectivity index is 1.49. The average Bonchev–Trinajstić information content (AvgIpc) is 3.22. The van der Waals surface area contributed by atoms with E-state index in [-0.39, 0.29) is 11.4 Å². The van der Waals surface area contributed by atoms with Crippen molar-refractivity contribution in [3.05, 3.63) is 79.8 Å². The van der Waals surface area contributed by atoms with E-state index < -0.39 is 23.4 Å². The molecule has 0 atom stereocenters. The van der Waals surface area contributed by atoms with Crippen LogP contribution in [-0.2, 0) is 16.1 Å². The van der Waals surface area contributed by atoms with Crippen molar-refractivity contribution in [2.24, 2.45) is 0 Å². The van der Waals surface area contributed by atoms with Gasteiger partial charge in [-0.3, -0.25) is 14.9 Å². The van der Waals surface area contributed by atoms with Crippen molar-refractivity contribution in [2.75, 3.05) is 17.2 Å². The monoisotopic (exact) mass is 490 g/mol. The Bertz CT molecular complexity index is 1070. The lowest BCUT2D eigenvalue weighted by Gasteiger charge is -2.07. The van der Waals surface area contributed by atoms with Crippen LogP contribution in [0, 0.1) is 10.1 Å². The number of thiazole rings is 1. The van der Waals surface area contributed by atoms with Crippen molar-refractivity contribution in [1.29, 1.82) is 0 Å². The SMILES string of the molecule is O=C(COC(=O)c1csc(NCc2ccccc2)n1)Nc1ccc([N+](=O)[O-])cc1Br. The van der Waals surface area contributed by atoms with E-state index in [4.69, 9.17) is 4.74 Å². The number of ether oxygens (including phenoxy) is 1. The van der Waals surface area contributed by atoms with E-state index in [2.05, 4.69) is 31.5 Å². The molecule has 0 saturated carbocycles. The summed E-state index contributed by atoms with van der Waals surface area (Å²) in [6, 6.07) is 13.6. The largest absolute Gasteiger partial charge is 0.451 e. The fourth-order valence-electron chi connectivity index (χ4n) is 2.33. The maximum absolute atomic E-state index is 12.1. The number of carbonyl (C=O) groups excluding carboxylic acids is 2. The van der Waals surface area contributed by atoms with Crippen LogP contribution in [0.25, 0.3) is 0 Å². The van der Waals surface area contributed by atoms with Gasteiger partial charge in [0.1, 0.15) is 0 Å². The van der Waals surface area contributed by atoms with Crippen LogP contribution in [0.5, 0.6) is 0 Å². The van der Waals surface area contributed by atoms with Crippen LogP contribution in [0.4, 0.5) is 16.5 Å². The van der Waals surface area contributed by atoms with E-state index in [9.17, 15) is 19.7 Å². The number of nitrogens with zero attached hydrogens (tertiary/aromatic N) is 2. The van der Waals surface area contributed by atoms with Gasteiger partial charge in [-0.2, -0.15) is 0 Å². The second kappa shape index (κ2) is 9.94. The third kappa shape index (κ3) is 5.84. The number of benzene rings is 2. The lowest BCUT2D eigenvalue weighted by atomic mass is 10.2. The fraction of sp³-hybridized carbons (Fsp3) is 0.105. The fourth-order valence-corrected chi connectivity index (χ4v) is 3.48. The number of carbonyl (C=O) groups is 2. The molecule has 1 heterocycles. The zero-order chi connectivity index (χ0) is 21.5. The Kier molecular flexibility index (Phi) is 7.09. The summed E-state index contributed by atoms with van der Waals surface area (Å²) in [5, 5.41) is 18.5. The first kappa shape index (κ1) is 21.4.